The van der Waals surface area contributed by atoms with Crippen LogP contribution in [0.1, 0.15) is 0 Å². The summed E-state index contributed by atoms with van der Waals surface area (Å²) >= 11 is 9.15. The minimum Gasteiger partial charge on any atom is -0.225 e. The molecule has 0 heterocycles. The second-order valence-corrected chi connectivity index (χ2v) is 1.57. The van der Waals surface area contributed by atoms with Gasteiger partial charge in [0.25, 0.3) is 0 Å². The molecule has 0 aliphatic heterocycles. The van der Waals surface area contributed by atoms with Crippen LogP contribution in [0.4, 0.5) is 8.78 Å². The van der Waals surface area contributed by atoms with E-state index in [1.807, 2.05) is 0 Å². The van der Waals surface area contributed by atoms with Crippen LogP contribution in [-0.2, 0) is 0 Å². The van der Waals surface area contributed by atoms with Crippen molar-refractivity contribution in [3.05, 3.63) is 11.4 Å². The van der Waals surface area contributed by atoms with Gasteiger partial charge in [0.15, 0.2) is 10.9 Å². The van der Waals surface area contributed by atoms with E-state index in [9.17, 15) is 8.78 Å². The number of allylic oxidation sites excluding steroid dienone is 1. The predicted octanol–water partition coefficient (Wildman–Crippen LogP) is 2.57. The van der Waals surface area contributed by atoms with E-state index in [1.54, 1.807) is 0 Å². The highest BCUT2D eigenvalue weighted by molar-refractivity contribution is 6.29. The van der Waals surface area contributed by atoms with Crippen molar-refractivity contribution in [3.8, 4) is 0 Å². The van der Waals surface area contributed by atoms with Gasteiger partial charge in [0.2, 0.25) is 0 Å². The molecule has 4 heteroatoms. The molecule has 0 saturated carbocycles. The van der Waals surface area contributed by atoms with Crippen LogP contribution >= 0.6 is 23.2 Å². The van der Waals surface area contributed by atoms with Crippen molar-refractivity contribution in [3.63, 3.8) is 0 Å². The molecule has 0 aromatic rings. The van der Waals surface area contributed by atoms with Crippen LogP contribution < -0.4 is 0 Å². The minimum atomic E-state index is -1.82. The second kappa shape index (κ2) is 3.22. The summed E-state index contributed by atoms with van der Waals surface area (Å²) in [5.41, 5.74) is -1.82. The second-order valence-electron chi connectivity index (χ2n) is 0.791. The Morgan fingerprint density at radius 3 is 2.14 bits per heavy atom. The van der Waals surface area contributed by atoms with Crippen molar-refractivity contribution in [1.29, 1.82) is 0 Å². The van der Waals surface area contributed by atoms with Crippen molar-refractivity contribution < 1.29 is 8.78 Å². The molecule has 0 N–H and O–H groups in total. The van der Waals surface area contributed by atoms with Crippen LogP contribution in [0.3, 0.4) is 0 Å². The summed E-state index contributed by atoms with van der Waals surface area (Å²) < 4.78 is 22.6. The topological polar surface area (TPSA) is 0 Å². The highest BCUT2D eigenvalue weighted by atomic mass is 35.5. The third-order valence-electron chi connectivity index (χ3n) is 0.252. The molecule has 0 aliphatic carbocycles. The predicted molar refractivity (Wildman–Crippen MR) is 25.8 cm³/mol. The highest BCUT2D eigenvalue weighted by Gasteiger charge is 1.94. The van der Waals surface area contributed by atoms with Crippen molar-refractivity contribution in [1.82, 2.24) is 0 Å². The van der Waals surface area contributed by atoms with Gasteiger partial charge in [-0.25, -0.2) is 4.39 Å². The molecule has 0 amide bonds. The van der Waals surface area contributed by atoms with E-state index in [0.29, 0.717) is 6.08 Å². The summed E-state index contributed by atoms with van der Waals surface area (Å²) in [7, 11) is 0. The van der Waals surface area contributed by atoms with Crippen LogP contribution in [0, 0.1) is 0 Å². The minimum absolute atomic E-state index is 0.448. The van der Waals surface area contributed by atoms with E-state index < -0.39 is 10.9 Å². The maximum absolute atomic E-state index is 11.3. The molecule has 0 bridgehead atoms. The van der Waals surface area contributed by atoms with Crippen LogP contribution in [0.25, 0.3) is 0 Å². The summed E-state index contributed by atoms with van der Waals surface area (Å²) in [6.45, 7) is 0. The Balaban J connectivity index is 3.45. The lowest BCUT2D eigenvalue weighted by molar-refractivity contribution is 0.504. The first-order chi connectivity index (χ1) is 3.13. The smallest absolute Gasteiger partial charge is 0.195 e. The van der Waals surface area contributed by atoms with E-state index in [0.717, 1.165) is 0 Å². The average Bonchev–Trinajstić information content (AvgIpc) is 1.27. The van der Waals surface area contributed by atoms with Crippen LogP contribution in [0.5, 0.6) is 0 Å². The van der Waals surface area contributed by atoms with Crippen molar-refractivity contribution in [2.75, 3.05) is 0 Å². The van der Waals surface area contributed by atoms with Gasteiger partial charge in [0.1, 0.15) is 0 Å². The summed E-state index contributed by atoms with van der Waals surface area (Å²) in [5, 5.41) is -1.12. The standard InChI is InChI=1S/C3H2Cl2F2/c4-2(6)1-3(5)7/h1-2H. The zero-order chi connectivity index (χ0) is 5.86. The summed E-state index contributed by atoms with van der Waals surface area (Å²) in [6, 6.07) is 0. The molecule has 0 spiro atoms. The Kier molecular flexibility index (Phi) is 3.30. The zero-order valence-electron chi connectivity index (χ0n) is 3.17. The molecule has 0 aromatic heterocycles. The fourth-order valence-corrected chi connectivity index (χ4v) is 0.381. The van der Waals surface area contributed by atoms with Gasteiger partial charge in [-0.3, -0.25) is 0 Å². The lowest BCUT2D eigenvalue weighted by Gasteiger charge is -1.82. The van der Waals surface area contributed by atoms with Crippen molar-refractivity contribution in [2.24, 2.45) is 0 Å². The average molecular weight is 147 g/mol. The summed E-state index contributed by atoms with van der Waals surface area (Å²) in [6.07, 6.45) is 0.448. The Hall–Kier alpha value is 0.180. The SMILES string of the molecule is FC(Cl)=CC(F)Cl. The molecular formula is C3H2Cl2F2. The van der Waals surface area contributed by atoms with Gasteiger partial charge in [-0.1, -0.05) is 23.2 Å². The maximum atomic E-state index is 11.3. The number of alkyl halides is 2. The van der Waals surface area contributed by atoms with E-state index >= 15 is 0 Å². The van der Waals surface area contributed by atoms with E-state index in [4.69, 9.17) is 0 Å². The molecule has 42 valence electrons. The molecule has 1 unspecified atom stereocenters. The van der Waals surface area contributed by atoms with Crippen molar-refractivity contribution >= 4 is 23.2 Å². The van der Waals surface area contributed by atoms with Gasteiger partial charge in [-0.2, -0.15) is 4.39 Å². The summed E-state index contributed by atoms with van der Waals surface area (Å²) in [5.74, 6) is 0. The van der Waals surface area contributed by atoms with Crippen LogP contribution in [0.2, 0.25) is 0 Å². The van der Waals surface area contributed by atoms with E-state index in [-0.39, 0.29) is 0 Å². The summed E-state index contributed by atoms with van der Waals surface area (Å²) in [4.78, 5) is 0. The number of halogens is 4. The quantitative estimate of drug-likeness (QED) is 0.500. The number of rotatable bonds is 1. The molecule has 0 nitrogen and oxygen atoms in total. The lowest BCUT2D eigenvalue weighted by atomic mass is 10.7. The van der Waals surface area contributed by atoms with E-state index in [2.05, 4.69) is 23.2 Å². The zero-order valence-corrected chi connectivity index (χ0v) is 4.68. The first kappa shape index (κ1) is 7.18. The normalized spacial score (nSPS) is 16.9. The molecule has 0 radical (unpaired) electrons. The van der Waals surface area contributed by atoms with Gasteiger partial charge in [0.05, 0.1) is 0 Å². The maximum Gasteiger partial charge on any atom is 0.195 e. The fourth-order valence-electron chi connectivity index (χ4n) is 0.0952. The molecule has 7 heavy (non-hydrogen) atoms. The Bertz CT molecular complexity index is 75.0. The number of hydrogen-bond acceptors (Lipinski definition) is 0. The Morgan fingerprint density at radius 2 is 2.14 bits per heavy atom. The molecule has 0 fully saturated rings. The molecule has 0 rings (SSSR count). The van der Waals surface area contributed by atoms with E-state index in [1.165, 1.54) is 0 Å². The van der Waals surface area contributed by atoms with Gasteiger partial charge in [-0.15, -0.1) is 0 Å². The molecule has 0 aliphatic rings. The van der Waals surface area contributed by atoms with Crippen LogP contribution in [0.15, 0.2) is 11.4 Å². The van der Waals surface area contributed by atoms with Crippen LogP contribution in [-0.4, -0.2) is 5.63 Å². The molecule has 0 saturated heterocycles. The monoisotopic (exact) mass is 146 g/mol. The fraction of sp³-hybridized carbons (Fsp3) is 0.333. The Morgan fingerprint density at radius 1 is 1.71 bits per heavy atom. The Labute approximate surface area is 49.7 Å². The molecular weight excluding hydrogens is 145 g/mol. The third kappa shape index (κ3) is 6.18. The first-order valence-corrected chi connectivity index (χ1v) is 2.25. The van der Waals surface area contributed by atoms with Gasteiger partial charge >= 0.3 is 0 Å². The first-order valence-electron chi connectivity index (χ1n) is 1.44. The van der Waals surface area contributed by atoms with Crippen molar-refractivity contribution in [2.45, 2.75) is 5.63 Å². The molecule has 0 aromatic carbocycles. The molecule has 1 atom stereocenters. The highest BCUT2D eigenvalue weighted by Crippen LogP contribution is 2.07. The van der Waals surface area contributed by atoms with Gasteiger partial charge in [0, 0.05) is 6.08 Å². The lowest BCUT2D eigenvalue weighted by Crippen LogP contribution is -1.76. The number of hydrogen-bond donors (Lipinski definition) is 0. The third-order valence-corrected chi connectivity index (χ3v) is 0.504. The largest absolute Gasteiger partial charge is 0.225 e. The van der Waals surface area contributed by atoms with Gasteiger partial charge < -0.3 is 0 Å². The van der Waals surface area contributed by atoms with Gasteiger partial charge in [-0.05, 0) is 0 Å².